The molecule has 6 heteroatoms. The van der Waals surface area contributed by atoms with Gasteiger partial charge in [0.1, 0.15) is 0 Å². The van der Waals surface area contributed by atoms with E-state index in [9.17, 15) is 9.59 Å². The summed E-state index contributed by atoms with van der Waals surface area (Å²) < 4.78 is 0. The predicted molar refractivity (Wildman–Crippen MR) is 105 cm³/mol. The molecule has 2 heterocycles. The Hall–Kier alpha value is -1.53. The van der Waals surface area contributed by atoms with E-state index in [-0.39, 0.29) is 17.9 Å². The molecule has 2 amide bonds. The van der Waals surface area contributed by atoms with Crippen molar-refractivity contribution in [3.05, 3.63) is 30.3 Å². The average Bonchev–Trinajstić information content (AvgIpc) is 3.22. The summed E-state index contributed by atoms with van der Waals surface area (Å²) in [6.45, 7) is 3.24. The molecule has 2 fully saturated rings. The molecule has 0 spiro atoms. The maximum atomic E-state index is 12.5. The van der Waals surface area contributed by atoms with Gasteiger partial charge in [-0.25, -0.2) is 0 Å². The van der Waals surface area contributed by atoms with Crippen molar-refractivity contribution in [2.24, 2.45) is 5.92 Å². The number of hydrogen-bond donors (Lipinski definition) is 2. The molecule has 2 atom stereocenters. The lowest BCUT2D eigenvalue weighted by atomic mass is 9.97. The number of piperidine rings is 1. The Morgan fingerprint density at radius 3 is 2.81 bits per heavy atom. The molecule has 2 unspecified atom stereocenters. The smallest absolute Gasteiger partial charge is 0.237 e. The van der Waals surface area contributed by atoms with Gasteiger partial charge in [0, 0.05) is 36.7 Å². The third-order valence-electron chi connectivity index (χ3n) is 5.14. The average molecular weight is 376 g/mol. The van der Waals surface area contributed by atoms with Crippen molar-refractivity contribution in [1.82, 2.24) is 15.5 Å². The van der Waals surface area contributed by atoms with Crippen LogP contribution in [-0.4, -0.2) is 54.7 Å². The second kappa shape index (κ2) is 9.97. The van der Waals surface area contributed by atoms with Crippen molar-refractivity contribution < 1.29 is 9.59 Å². The summed E-state index contributed by atoms with van der Waals surface area (Å²) in [5, 5.41) is 6.30. The fraction of sp³-hybridized carbons (Fsp3) is 0.600. The van der Waals surface area contributed by atoms with Crippen LogP contribution in [0.4, 0.5) is 0 Å². The predicted octanol–water partition coefficient (Wildman–Crippen LogP) is 2.28. The van der Waals surface area contributed by atoms with Crippen molar-refractivity contribution in [3.63, 3.8) is 0 Å². The molecule has 1 aromatic rings. The molecule has 26 heavy (non-hydrogen) atoms. The Bertz CT molecular complexity index is 590. The molecule has 2 saturated heterocycles. The molecule has 0 radical (unpaired) electrons. The van der Waals surface area contributed by atoms with Crippen LogP contribution in [0.2, 0.25) is 0 Å². The molecule has 2 aliphatic rings. The lowest BCUT2D eigenvalue weighted by Gasteiger charge is -2.33. The number of likely N-dealkylation sites (tertiary alicyclic amines) is 1. The largest absolute Gasteiger partial charge is 0.354 e. The number of hydrogen-bond acceptors (Lipinski definition) is 4. The standard InChI is InChI=1S/C20H29N3O2S/c24-19(10-13-26-17-7-2-1-3-8-17)23-12-5-6-16(15-23)14-22-20(25)18-9-4-11-21-18/h1-3,7-8,16,18,21H,4-6,9-15H2,(H,22,25). The molecule has 0 bridgehead atoms. The van der Waals surface area contributed by atoms with Crippen LogP contribution in [0.15, 0.2) is 35.2 Å². The Kier molecular flexibility index (Phi) is 7.38. The van der Waals surface area contributed by atoms with Crippen LogP contribution in [0.1, 0.15) is 32.1 Å². The number of carbonyl (C=O) groups is 2. The molecule has 0 aromatic heterocycles. The summed E-state index contributed by atoms with van der Waals surface area (Å²) in [5.74, 6) is 1.54. The molecule has 0 saturated carbocycles. The van der Waals surface area contributed by atoms with E-state index < -0.39 is 0 Å². The Balaban J connectivity index is 1.36. The van der Waals surface area contributed by atoms with Crippen molar-refractivity contribution >= 4 is 23.6 Å². The number of amides is 2. The summed E-state index contributed by atoms with van der Waals surface area (Å²) >= 11 is 1.73. The second-order valence-electron chi connectivity index (χ2n) is 7.15. The van der Waals surface area contributed by atoms with E-state index in [0.29, 0.717) is 18.9 Å². The van der Waals surface area contributed by atoms with E-state index in [2.05, 4.69) is 22.8 Å². The molecule has 142 valence electrons. The van der Waals surface area contributed by atoms with Gasteiger partial charge in [-0.2, -0.15) is 0 Å². The first-order valence-electron chi connectivity index (χ1n) is 9.69. The fourth-order valence-electron chi connectivity index (χ4n) is 3.67. The van der Waals surface area contributed by atoms with Gasteiger partial charge in [-0.1, -0.05) is 18.2 Å². The number of thioether (sulfide) groups is 1. The van der Waals surface area contributed by atoms with Gasteiger partial charge in [0.15, 0.2) is 0 Å². The quantitative estimate of drug-likeness (QED) is 0.718. The summed E-state index contributed by atoms with van der Waals surface area (Å²) in [6.07, 6.45) is 4.69. The van der Waals surface area contributed by atoms with E-state index in [1.807, 2.05) is 23.1 Å². The lowest BCUT2D eigenvalue weighted by molar-refractivity contribution is -0.132. The van der Waals surface area contributed by atoms with Crippen molar-refractivity contribution in [2.45, 2.75) is 43.0 Å². The van der Waals surface area contributed by atoms with Crippen LogP contribution >= 0.6 is 11.8 Å². The van der Waals surface area contributed by atoms with Gasteiger partial charge in [-0.05, 0) is 50.3 Å². The second-order valence-corrected chi connectivity index (χ2v) is 8.32. The van der Waals surface area contributed by atoms with Gasteiger partial charge >= 0.3 is 0 Å². The molecule has 2 N–H and O–H groups in total. The Labute approximate surface area is 160 Å². The number of nitrogens with one attached hydrogen (secondary N) is 2. The van der Waals surface area contributed by atoms with Gasteiger partial charge in [0.05, 0.1) is 6.04 Å². The van der Waals surface area contributed by atoms with Crippen LogP contribution in [0.3, 0.4) is 0 Å². The van der Waals surface area contributed by atoms with Crippen LogP contribution in [0.25, 0.3) is 0 Å². The maximum Gasteiger partial charge on any atom is 0.237 e. The third-order valence-corrected chi connectivity index (χ3v) is 6.16. The van der Waals surface area contributed by atoms with Crippen molar-refractivity contribution in [2.75, 3.05) is 31.9 Å². The van der Waals surface area contributed by atoms with Gasteiger partial charge in [0.2, 0.25) is 11.8 Å². The van der Waals surface area contributed by atoms with Crippen LogP contribution in [0.5, 0.6) is 0 Å². The topological polar surface area (TPSA) is 61.4 Å². The minimum absolute atomic E-state index is 0.0219. The molecule has 5 nitrogen and oxygen atoms in total. The van der Waals surface area contributed by atoms with E-state index in [4.69, 9.17) is 0 Å². The highest BCUT2D eigenvalue weighted by Crippen LogP contribution is 2.20. The molecule has 3 rings (SSSR count). The molecular formula is C20H29N3O2S. The third kappa shape index (κ3) is 5.74. The summed E-state index contributed by atoms with van der Waals surface area (Å²) in [5.41, 5.74) is 0. The monoisotopic (exact) mass is 375 g/mol. The molecule has 0 aliphatic carbocycles. The molecular weight excluding hydrogens is 346 g/mol. The fourth-order valence-corrected chi connectivity index (χ4v) is 4.53. The van der Waals surface area contributed by atoms with Gasteiger partial charge < -0.3 is 15.5 Å². The first-order chi connectivity index (χ1) is 12.7. The summed E-state index contributed by atoms with van der Waals surface area (Å²) in [6, 6.07) is 10.2. The minimum atomic E-state index is -0.0219. The van der Waals surface area contributed by atoms with Gasteiger partial charge in [0.25, 0.3) is 0 Å². The first-order valence-corrected chi connectivity index (χ1v) is 10.7. The van der Waals surface area contributed by atoms with Gasteiger partial charge in [-0.3, -0.25) is 9.59 Å². The van der Waals surface area contributed by atoms with E-state index in [0.717, 1.165) is 51.1 Å². The van der Waals surface area contributed by atoms with Crippen molar-refractivity contribution in [3.8, 4) is 0 Å². The maximum absolute atomic E-state index is 12.5. The highest BCUT2D eigenvalue weighted by Gasteiger charge is 2.26. The molecule has 1 aromatic carbocycles. The highest BCUT2D eigenvalue weighted by molar-refractivity contribution is 7.99. The van der Waals surface area contributed by atoms with Gasteiger partial charge in [-0.15, -0.1) is 11.8 Å². The van der Waals surface area contributed by atoms with Crippen LogP contribution in [-0.2, 0) is 9.59 Å². The minimum Gasteiger partial charge on any atom is -0.354 e. The Morgan fingerprint density at radius 2 is 2.04 bits per heavy atom. The highest BCUT2D eigenvalue weighted by atomic mass is 32.2. The summed E-state index contributed by atoms with van der Waals surface area (Å²) in [7, 11) is 0. The zero-order valence-corrected chi connectivity index (χ0v) is 16.1. The number of benzene rings is 1. The zero-order chi connectivity index (χ0) is 18.2. The lowest BCUT2D eigenvalue weighted by Crippen LogP contribution is -2.46. The van der Waals surface area contributed by atoms with Crippen molar-refractivity contribution in [1.29, 1.82) is 0 Å². The van der Waals surface area contributed by atoms with E-state index in [1.165, 1.54) is 4.90 Å². The number of rotatable bonds is 7. The number of carbonyl (C=O) groups excluding carboxylic acids is 2. The van der Waals surface area contributed by atoms with E-state index in [1.54, 1.807) is 11.8 Å². The zero-order valence-electron chi connectivity index (χ0n) is 15.3. The first kappa shape index (κ1) is 19.2. The van der Waals surface area contributed by atoms with E-state index >= 15 is 0 Å². The Morgan fingerprint density at radius 1 is 1.19 bits per heavy atom. The SMILES string of the molecule is O=C(NCC1CCCN(C(=O)CCSc2ccccc2)C1)C1CCCN1. The van der Waals surface area contributed by atoms with Crippen LogP contribution in [0, 0.1) is 5.92 Å². The normalized spacial score (nSPS) is 23.0. The molecule has 2 aliphatic heterocycles. The number of nitrogens with zero attached hydrogens (tertiary/aromatic N) is 1. The van der Waals surface area contributed by atoms with Crippen LogP contribution < -0.4 is 10.6 Å². The summed E-state index contributed by atoms with van der Waals surface area (Å²) in [4.78, 5) is 27.8.